The van der Waals surface area contributed by atoms with Gasteiger partial charge in [0.05, 0.1) is 0 Å². The topological polar surface area (TPSA) is 0 Å². The largest absolute Gasteiger partial charge is 0.0958 e. The third-order valence-corrected chi connectivity index (χ3v) is 2.20. The van der Waals surface area contributed by atoms with E-state index in [0.29, 0.717) is 0 Å². The molecule has 0 radical (unpaired) electrons. The van der Waals surface area contributed by atoms with E-state index in [0.717, 1.165) is 17.0 Å². The number of hydrogen-bond donors (Lipinski definition) is 0. The molecule has 0 saturated heterocycles. The first-order valence-electron chi connectivity index (χ1n) is 4.88. The molecular weight excluding hydrogens is 180 g/mol. The van der Waals surface area contributed by atoms with Gasteiger partial charge in [0, 0.05) is 5.03 Å². The van der Waals surface area contributed by atoms with E-state index >= 15 is 0 Å². The van der Waals surface area contributed by atoms with E-state index in [1.165, 1.54) is 19.3 Å². The lowest BCUT2D eigenvalue weighted by Crippen LogP contribution is -1.78. The highest BCUT2D eigenvalue weighted by atomic mass is 35.5. The SMILES string of the molecule is C=C(/C=C\C(Cl)=C/C)CCCCC. The van der Waals surface area contributed by atoms with E-state index in [4.69, 9.17) is 11.6 Å². The van der Waals surface area contributed by atoms with E-state index < -0.39 is 0 Å². The molecule has 0 aromatic rings. The molecule has 0 nitrogen and oxygen atoms in total. The van der Waals surface area contributed by atoms with Gasteiger partial charge in [0.2, 0.25) is 0 Å². The zero-order chi connectivity index (χ0) is 10.1. The van der Waals surface area contributed by atoms with Gasteiger partial charge in [0.1, 0.15) is 0 Å². The molecule has 13 heavy (non-hydrogen) atoms. The van der Waals surface area contributed by atoms with Crippen LogP contribution in [0.4, 0.5) is 0 Å². The smallest absolute Gasteiger partial charge is 0.0363 e. The minimum Gasteiger partial charge on any atom is -0.0958 e. The Morgan fingerprint density at radius 2 is 2.00 bits per heavy atom. The molecule has 0 aliphatic heterocycles. The van der Waals surface area contributed by atoms with Crippen molar-refractivity contribution in [3.05, 3.63) is 35.4 Å². The Morgan fingerprint density at radius 1 is 1.31 bits per heavy atom. The van der Waals surface area contributed by atoms with Gasteiger partial charge in [-0.3, -0.25) is 0 Å². The number of halogens is 1. The summed E-state index contributed by atoms with van der Waals surface area (Å²) in [7, 11) is 0. The second-order valence-electron chi connectivity index (χ2n) is 3.12. The summed E-state index contributed by atoms with van der Waals surface area (Å²) in [6.07, 6.45) is 10.6. The van der Waals surface area contributed by atoms with Crippen LogP contribution >= 0.6 is 11.6 Å². The predicted molar refractivity (Wildman–Crippen MR) is 62.0 cm³/mol. The molecule has 74 valence electrons. The summed E-state index contributed by atoms with van der Waals surface area (Å²) in [6.45, 7) is 8.09. The van der Waals surface area contributed by atoms with Crippen LogP contribution in [0.5, 0.6) is 0 Å². The zero-order valence-corrected chi connectivity index (χ0v) is 9.40. The number of allylic oxidation sites excluding steroid dienone is 5. The zero-order valence-electron chi connectivity index (χ0n) is 8.65. The summed E-state index contributed by atoms with van der Waals surface area (Å²) in [5.74, 6) is 0. The maximum atomic E-state index is 5.80. The van der Waals surface area contributed by atoms with Crippen molar-refractivity contribution in [3.8, 4) is 0 Å². The van der Waals surface area contributed by atoms with Crippen LogP contribution in [0.15, 0.2) is 35.4 Å². The van der Waals surface area contributed by atoms with Gasteiger partial charge in [0.25, 0.3) is 0 Å². The molecule has 0 aliphatic carbocycles. The Morgan fingerprint density at radius 3 is 2.54 bits per heavy atom. The van der Waals surface area contributed by atoms with E-state index in [2.05, 4.69) is 13.5 Å². The fourth-order valence-electron chi connectivity index (χ4n) is 0.979. The van der Waals surface area contributed by atoms with Crippen LogP contribution in [0.1, 0.15) is 39.5 Å². The van der Waals surface area contributed by atoms with Crippen LogP contribution < -0.4 is 0 Å². The van der Waals surface area contributed by atoms with Gasteiger partial charge in [-0.25, -0.2) is 0 Å². The average Bonchev–Trinajstić information content (AvgIpc) is 2.14. The van der Waals surface area contributed by atoms with Crippen LogP contribution in [0.25, 0.3) is 0 Å². The Kier molecular flexibility index (Phi) is 7.82. The third kappa shape index (κ3) is 7.86. The van der Waals surface area contributed by atoms with E-state index in [9.17, 15) is 0 Å². The Labute approximate surface area is 87.0 Å². The Hall–Kier alpha value is -0.490. The first-order chi connectivity index (χ1) is 6.20. The Balaban J connectivity index is 3.68. The van der Waals surface area contributed by atoms with Crippen molar-refractivity contribution in [2.45, 2.75) is 39.5 Å². The van der Waals surface area contributed by atoms with Crippen LogP contribution in [0.2, 0.25) is 0 Å². The second kappa shape index (κ2) is 8.12. The molecule has 1 heteroatoms. The molecule has 0 rings (SSSR count). The molecule has 0 bridgehead atoms. The van der Waals surface area contributed by atoms with E-state index in [1.807, 2.05) is 25.2 Å². The highest BCUT2D eigenvalue weighted by molar-refractivity contribution is 6.31. The molecular formula is C12H19Cl. The fraction of sp³-hybridized carbons (Fsp3) is 0.500. The number of hydrogen-bond acceptors (Lipinski definition) is 0. The highest BCUT2D eigenvalue weighted by Gasteiger charge is 1.89. The molecule has 0 spiro atoms. The minimum atomic E-state index is 0.775. The lowest BCUT2D eigenvalue weighted by atomic mass is 10.1. The average molecular weight is 199 g/mol. The number of unbranched alkanes of at least 4 members (excludes halogenated alkanes) is 2. The van der Waals surface area contributed by atoms with Crippen LogP contribution in [0.3, 0.4) is 0 Å². The molecule has 0 aliphatic rings. The summed E-state index contributed by atoms with van der Waals surface area (Å²) in [5, 5.41) is 0.775. The van der Waals surface area contributed by atoms with Crippen molar-refractivity contribution in [2.75, 3.05) is 0 Å². The van der Waals surface area contributed by atoms with Crippen molar-refractivity contribution < 1.29 is 0 Å². The molecule has 0 N–H and O–H groups in total. The molecule has 0 fully saturated rings. The first kappa shape index (κ1) is 12.5. The summed E-state index contributed by atoms with van der Waals surface area (Å²) < 4.78 is 0. The lowest BCUT2D eigenvalue weighted by Gasteiger charge is -1.98. The predicted octanol–water partition coefficient (Wildman–Crippen LogP) is 4.82. The van der Waals surface area contributed by atoms with Gasteiger partial charge in [-0.05, 0) is 25.8 Å². The van der Waals surface area contributed by atoms with Gasteiger partial charge in [-0.2, -0.15) is 0 Å². The van der Waals surface area contributed by atoms with E-state index in [1.54, 1.807) is 0 Å². The van der Waals surface area contributed by atoms with Gasteiger partial charge >= 0.3 is 0 Å². The molecule has 0 heterocycles. The standard InChI is InChI=1S/C12H19Cl/c1-4-6-7-8-11(3)9-10-12(13)5-2/h5,9-10H,3-4,6-8H2,1-2H3/b10-9-,12-5+. The van der Waals surface area contributed by atoms with Gasteiger partial charge < -0.3 is 0 Å². The van der Waals surface area contributed by atoms with Crippen molar-refractivity contribution >= 4 is 11.6 Å². The summed E-state index contributed by atoms with van der Waals surface area (Å²) in [6, 6.07) is 0. The van der Waals surface area contributed by atoms with Gasteiger partial charge in [-0.15, -0.1) is 0 Å². The lowest BCUT2D eigenvalue weighted by molar-refractivity contribution is 0.720. The quantitative estimate of drug-likeness (QED) is 0.424. The summed E-state index contributed by atoms with van der Waals surface area (Å²) in [5.41, 5.74) is 1.16. The maximum Gasteiger partial charge on any atom is 0.0363 e. The molecule has 0 unspecified atom stereocenters. The molecule has 0 aromatic heterocycles. The summed E-state index contributed by atoms with van der Waals surface area (Å²) in [4.78, 5) is 0. The normalized spacial score (nSPS) is 12.4. The van der Waals surface area contributed by atoms with E-state index in [-0.39, 0.29) is 0 Å². The monoisotopic (exact) mass is 198 g/mol. The Bertz CT molecular complexity index is 199. The fourth-order valence-corrected chi connectivity index (χ4v) is 1.04. The highest BCUT2D eigenvalue weighted by Crippen LogP contribution is 2.10. The molecule has 0 amide bonds. The van der Waals surface area contributed by atoms with Crippen molar-refractivity contribution in [1.29, 1.82) is 0 Å². The maximum absolute atomic E-state index is 5.80. The van der Waals surface area contributed by atoms with Gasteiger partial charge in [0.15, 0.2) is 0 Å². The van der Waals surface area contributed by atoms with Crippen molar-refractivity contribution in [2.24, 2.45) is 0 Å². The molecule has 0 aromatic carbocycles. The van der Waals surface area contributed by atoms with Crippen LogP contribution in [-0.2, 0) is 0 Å². The second-order valence-corrected chi connectivity index (χ2v) is 3.56. The summed E-state index contributed by atoms with van der Waals surface area (Å²) >= 11 is 5.80. The van der Waals surface area contributed by atoms with Crippen molar-refractivity contribution in [1.82, 2.24) is 0 Å². The van der Waals surface area contributed by atoms with Crippen LogP contribution in [0, 0.1) is 0 Å². The molecule has 0 atom stereocenters. The number of rotatable bonds is 6. The molecule has 0 saturated carbocycles. The third-order valence-electron chi connectivity index (χ3n) is 1.86. The minimum absolute atomic E-state index is 0.775. The van der Waals surface area contributed by atoms with Crippen molar-refractivity contribution in [3.63, 3.8) is 0 Å². The first-order valence-corrected chi connectivity index (χ1v) is 5.26. The van der Waals surface area contributed by atoms with Gasteiger partial charge in [-0.1, -0.05) is 55.7 Å². The van der Waals surface area contributed by atoms with Crippen LogP contribution in [-0.4, -0.2) is 0 Å².